The molecule has 2 heterocycles. The van der Waals surface area contributed by atoms with E-state index in [1.54, 1.807) is 4.68 Å². The van der Waals surface area contributed by atoms with E-state index in [-0.39, 0.29) is 17.7 Å². The number of hydrogen-bond acceptors (Lipinski definition) is 5. The molecule has 0 aliphatic carbocycles. The zero-order valence-corrected chi connectivity index (χ0v) is 15.8. The number of benzene rings is 1. The predicted octanol–water partition coefficient (Wildman–Crippen LogP) is 2.34. The minimum absolute atomic E-state index is 0.00348. The van der Waals surface area contributed by atoms with Crippen molar-refractivity contribution >= 4 is 17.8 Å². The van der Waals surface area contributed by atoms with Crippen LogP contribution < -0.4 is 10.6 Å². The van der Waals surface area contributed by atoms with Gasteiger partial charge < -0.3 is 15.7 Å². The van der Waals surface area contributed by atoms with Crippen LogP contribution in [0.4, 0.5) is 5.95 Å². The van der Waals surface area contributed by atoms with E-state index in [4.69, 9.17) is 0 Å². The first-order valence-corrected chi connectivity index (χ1v) is 9.06. The number of carbonyl (C=O) groups excluding carboxylic acids is 1. The molecule has 0 saturated carbocycles. The minimum Gasteiger partial charge on any atom is -0.481 e. The van der Waals surface area contributed by atoms with Crippen LogP contribution in [0.2, 0.25) is 0 Å². The number of carboxylic acid groups (broad SMARTS) is 1. The fourth-order valence-corrected chi connectivity index (χ4v) is 3.02. The Morgan fingerprint density at radius 1 is 1.30 bits per heavy atom. The van der Waals surface area contributed by atoms with Gasteiger partial charge in [-0.25, -0.2) is 4.68 Å². The first-order valence-electron chi connectivity index (χ1n) is 9.06. The third-order valence-electron chi connectivity index (χ3n) is 4.57. The van der Waals surface area contributed by atoms with Crippen molar-refractivity contribution in [2.45, 2.75) is 51.6 Å². The molecule has 1 aromatic heterocycles. The van der Waals surface area contributed by atoms with Crippen molar-refractivity contribution in [2.75, 3.05) is 11.9 Å². The van der Waals surface area contributed by atoms with Crippen LogP contribution in [0.5, 0.6) is 0 Å². The van der Waals surface area contributed by atoms with Crippen molar-refractivity contribution in [2.24, 2.45) is 0 Å². The monoisotopic (exact) mass is 371 g/mol. The average molecular weight is 371 g/mol. The van der Waals surface area contributed by atoms with E-state index in [9.17, 15) is 14.7 Å². The van der Waals surface area contributed by atoms with Crippen molar-refractivity contribution in [3.05, 3.63) is 41.2 Å². The summed E-state index contributed by atoms with van der Waals surface area (Å²) in [4.78, 5) is 28.1. The van der Waals surface area contributed by atoms with Gasteiger partial charge in [-0.3, -0.25) is 9.59 Å². The number of nitrogens with zero attached hydrogens (tertiary/aromatic N) is 3. The number of fused-ring (bicyclic) bond motifs is 1. The van der Waals surface area contributed by atoms with Crippen LogP contribution in [0.15, 0.2) is 24.3 Å². The Bertz CT molecular complexity index is 813. The number of rotatable bonds is 5. The van der Waals surface area contributed by atoms with Crippen LogP contribution in [-0.4, -0.2) is 38.3 Å². The maximum atomic E-state index is 12.6. The highest BCUT2D eigenvalue weighted by Crippen LogP contribution is 2.25. The third kappa shape index (κ3) is 4.45. The van der Waals surface area contributed by atoms with Crippen molar-refractivity contribution in [1.82, 2.24) is 20.1 Å². The summed E-state index contributed by atoms with van der Waals surface area (Å²) in [6.45, 7) is 7.83. The van der Waals surface area contributed by atoms with Crippen molar-refractivity contribution in [3.63, 3.8) is 0 Å². The number of amides is 1. The number of aryl methyl sites for hydroxylation is 1. The number of carboxylic acids is 1. The van der Waals surface area contributed by atoms with Gasteiger partial charge in [-0.15, -0.1) is 5.10 Å². The highest BCUT2D eigenvalue weighted by molar-refractivity contribution is 5.91. The Labute approximate surface area is 158 Å². The largest absolute Gasteiger partial charge is 0.481 e. The number of aliphatic carboxylic acids is 1. The molecule has 8 nitrogen and oxygen atoms in total. The number of carbonyl (C=O) groups is 2. The summed E-state index contributed by atoms with van der Waals surface area (Å²) in [6, 6.07) is 7.00. The SMILES string of the molecule is CC(C)(C)c1ccc(C(CC(=O)O)NC(=O)c2nc3n(n2)CCCN3)cc1. The summed E-state index contributed by atoms with van der Waals surface area (Å²) >= 11 is 0. The van der Waals surface area contributed by atoms with Crippen molar-refractivity contribution < 1.29 is 14.7 Å². The van der Waals surface area contributed by atoms with Gasteiger partial charge in [-0.05, 0) is 23.0 Å². The van der Waals surface area contributed by atoms with E-state index in [2.05, 4.69) is 41.5 Å². The van der Waals surface area contributed by atoms with E-state index in [0.717, 1.165) is 24.1 Å². The maximum Gasteiger partial charge on any atom is 0.305 e. The summed E-state index contributed by atoms with van der Waals surface area (Å²) in [5.74, 6) is -0.861. The topological polar surface area (TPSA) is 109 Å². The molecular weight excluding hydrogens is 346 g/mol. The lowest BCUT2D eigenvalue weighted by Gasteiger charge is -2.21. The fraction of sp³-hybridized carbons (Fsp3) is 0.474. The Balaban J connectivity index is 1.79. The third-order valence-corrected chi connectivity index (χ3v) is 4.57. The van der Waals surface area contributed by atoms with Gasteiger partial charge in [-0.2, -0.15) is 4.98 Å². The smallest absolute Gasteiger partial charge is 0.305 e. The van der Waals surface area contributed by atoms with Gasteiger partial charge in [0.05, 0.1) is 12.5 Å². The molecule has 1 amide bonds. The van der Waals surface area contributed by atoms with Gasteiger partial charge in [0, 0.05) is 13.1 Å². The molecule has 3 rings (SSSR count). The van der Waals surface area contributed by atoms with Crippen LogP contribution >= 0.6 is 0 Å². The molecule has 2 aromatic rings. The van der Waals surface area contributed by atoms with Crippen molar-refractivity contribution in [1.29, 1.82) is 0 Å². The number of anilines is 1. The molecule has 1 unspecified atom stereocenters. The molecule has 1 aromatic carbocycles. The Hall–Kier alpha value is -2.90. The van der Waals surface area contributed by atoms with E-state index >= 15 is 0 Å². The fourth-order valence-electron chi connectivity index (χ4n) is 3.02. The molecule has 1 aliphatic heterocycles. The molecule has 0 radical (unpaired) electrons. The standard InChI is InChI=1S/C19H25N5O3/c1-19(2,3)13-7-5-12(6-8-13)14(11-15(25)26)21-17(27)16-22-18-20-9-4-10-24(18)23-16/h5-8,14H,4,9-11H2,1-3H3,(H,21,27)(H,25,26)(H,20,22,23). The lowest BCUT2D eigenvalue weighted by molar-refractivity contribution is -0.137. The van der Waals surface area contributed by atoms with E-state index in [1.165, 1.54) is 0 Å². The first kappa shape index (κ1) is 18.9. The average Bonchev–Trinajstić information content (AvgIpc) is 3.04. The van der Waals surface area contributed by atoms with Crippen LogP contribution in [-0.2, 0) is 16.8 Å². The second-order valence-electron chi connectivity index (χ2n) is 7.76. The van der Waals surface area contributed by atoms with Gasteiger partial charge >= 0.3 is 5.97 Å². The van der Waals surface area contributed by atoms with E-state index < -0.39 is 17.9 Å². The van der Waals surface area contributed by atoms with Gasteiger partial charge in [0.1, 0.15) is 0 Å². The normalized spacial score (nSPS) is 14.8. The Morgan fingerprint density at radius 3 is 2.59 bits per heavy atom. The zero-order valence-electron chi connectivity index (χ0n) is 15.8. The number of aromatic nitrogens is 3. The quantitative estimate of drug-likeness (QED) is 0.744. The van der Waals surface area contributed by atoms with Crippen molar-refractivity contribution in [3.8, 4) is 0 Å². The highest BCUT2D eigenvalue weighted by Gasteiger charge is 2.24. The molecule has 1 atom stereocenters. The summed E-state index contributed by atoms with van der Waals surface area (Å²) in [6.07, 6.45) is 0.700. The number of nitrogens with one attached hydrogen (secondary N) is 2. The predicted molar refractivity (Wildman–Crippen MR) is 101 cm³/mol. The molecule has 144 valence electrons. The lowest BCUT2D eigenvalue weighted by atomic mass is 9.86. The van der Waals surface area contributed by atoms with Gasteiger partial charge in [0.2, 0.25) is 11.8 Å². The summed E-state index contributed by atoms with van der Waals surface area (Å²) in [7, 11) is 0. The summed E-state index contributed by atoms with van der Waals surface area (Å²) < 4.78 is 1.66. The van der Waals surface area contributed by atoms with Gasteiger partial charge in [0.25, 0.3) is 5.91 Å². The van der Waals surface area contributed by atoms with Crippen LogP contribution in [0.1, 0.15) is 61.4 Å². The molecule has 0 saturated heterocycles. The van der Waals surface area contributed by atoms with Crippen LogP contribution in [0, 0.1) is 0 Å². The molecule has 0 spiro atoms. The van der Waals surface area contributed by atoms with Crippen LogP contribution in [0.3, 0.4) is 0 Å². The summed E-state index contributed by atoms with van der Waals surface area (Å²) in [5.41, 5.74) is 1.87. The van der Waals surface area contributed by atoms with E-state index in [0.29, 0.717) is 12.5 Å². The van der Waals surface area contributed by atoms with E-state index in [1.807, 2.05) is 24.3 Å². The Morgan fingerprint density at radius 2 is 2.00 bits per heavy atom. The number of hydrogen-bond donors (Lipinski definition) is 3. The summed E-state index contributed by atoms with van der Waals surface area (Å²) in [5, 5.41) is 19.3. The molecular formula is C19H25N5O3. The second kappa shape index (κ2) is 7.38. The minimum atomic E-state index is -0.987. The zero-order chi connectivity index (χ0) is 19.6. The highest BCUT2D eigenvalue weighted by atomic mass is 16.4. The molecule has 3 N–H and O–H groups in total. The first-order chi connectivity index (χ1) is 12.7. The molecule has 27 heavy (non-hydrogen) atoms. The lowest BCUT2D eigenvalue weighted by Crippen LogP contribution is -2.31. The molecule has 8 heteroatoms. The van der Waals surface area contributed by atoms with Gasteiger partial charge in [0.15, 0.2) is 0 Å². The molecule has 1 aliphatic rings. The van der Waals surface area contributed by atoms with Crippen LogP contribution in [0.25, 0.3) is 0 Å². The molecule has 0 bridgehead atoms. The molecule has 0 fully saturated rings. The Kier molecular flexibility index (Phi) is 5.16. The van der Waals surface area contributed by atoms with Gasteiger partial charge in [-0.1, -0.05) is 45.0 Å². The second-order valence-corrected chi connectivity index (χ2v) is 7.76. The maximum absolute atomic E-state index is 12.6.